The Morgan fingerprint density at radius 1 is 0.561 bits per heavy atom. The van der Waals surface area contributed by atoms with Gasteiger partial charge in [0.25, 0.3) is 0 Å². The van der Waals surface area contributed by atoms with Gasteiger partial charge in [0.2, 0.25) is 0 Å². The zero-order valence-corrected chi connectivity index (χ0v) is 38.1. The first kappa shape index (κ1) is 49.3. The van der Waals surface area contributed by atoms with E-state index < -0.39 is 65.1 Å². The van der Waals surface area contributed by atoms with Gasteiger partial charge in [-0.3, -0.25) is 38.4 Å². The van der Waals surface area contributed by atoms with Gasteiger partial charge in [0, 0.05) is 64.5 Å². The molecule has 0 amide bonds. The highest BCUT2D eigenvalue weighted by Crippen LogP contribution is 2.53. The van der Waals surface area contributed by atoms with E-state index in [1.807, 2.05) is 26.8 Å². The predicted molar refractivity (Wildman–Crippen MR) is 242 cm³/mol. The molecule has 0 unspecified atom stereocenters. The Morgan fingerprint density at radius 3 is 1.61 bits per heavy atom. The number of carbonyl (C=O) groups excluding carboxylic acids is 8. The zero-order valence-electron chi connectivity index (χ0n) is 38.1. The standard InChI is InChI=1S/C52H50O14/c1-28(2)10-20-41-46(63-32(6)55)24-22-42(51(41)65-34(8)57)50(60)48-43(37-14-18-39(19-15-37)62-31(5)54)26-29(3)27-44(48)49-47(64-33(7)56)25-21-40(52(49)66-35(9)58)45(59)23-13-36-11-16-38(17-12-36)61-30(4)53/h10-19,21-25,27,43-44,48H,20,26H2,1-9H3/b23-13+/t43-,44-,48-/m0/s1. The first-order valence-electron chi connectivity index (χ1n) is 20.9. The number of hydrogen-bond acceptors (Lipinski definition) is 14. The maximum Gasteiger partial charge on any atom is 0.308 e. The molecule has 0 bridgehead atoms. The number of ketones is 2. The van der Waals surface area contributed by atoms with Gasteiger partial charge in [0.05, 0.1) is 11.1 Å². The second kappa shape index (κ2) is 21.8. The van der Waals surface area contributed by atoms with E-state index in [4.69, 9.17) is 28.4 Å². The number of allylic oxidation sites excluding steroid dienone is 5. The summed E-state index contributed by atoms with van der Waals surface area (Å²) in [6, 6.07) is 18.5. The molecule has 14 nitrogen and oxygen atoms in total. The fraction of sp³-hybridized carbons (Fsp3) is 0.269. The molecule has 0 saturated carbocycles. The van der Waals surface area contributed by atoms with Crippen LogP contribution in [0, 0.1) is 5.92 Å². The van der Waals surface area contributed by atoms with Crippen molar-refractivity contribution in [2.24, 2.45) is 5.92 Å². The van der Waals surface area contributed by atoms with Crippen LogP contribution in [0.4, 0.5) is 0 Å². The van der Waals surface area contributed by atoms with Crippen LogP contribution < -0.4 is 28.4 Å². The van der Waals surface area contributed by atoms with Gasteiger partial charge in [-0.2, -0.15) is 0 Å². The lowest BCUT2D eigenvalue weighted by Crippen LogP contribution is -2.33. The minimum absolute atomic E-state index is 0.0275. The highest BCUT2D eigenvalue weighted by molar-refractivity contribution is 6.10. The lowest BCUT2D eigenvalue weighted by atomic mass is 9.65. The average Bonchev–Trinajstić information content (AvgIpc) is 3.21. The van der Waals surface area contributed by atoms with Crippen molar-refractivity contribution in [3.63, 3.8) is 0 Å². The molecule has 1 aliphatic rings. The van der Waals surface area contributed by atoms with Crippen molar-refractivity contribution in [1.29, 1.82) is 0 Å². The third-order valence-corrected chi connectivity index (χ3v) is 10.2. The quantitative estimate of drug-likeness (QED) is 0.0360. The van der Waals surface area contributed by atoms with Crippen molar-refractivity contribution in [1.82, 2.24) is 0 Å². The van der Waals surface area contributed by atoms with Gasteiger partial charge in [-0.25, -0.2) is 0 Å². The highest BCUT2D eigenvalue weighted by atomic mass is 16.6. The highest BCUT2D eigenvalue weighted by Gasteiger charge is 2.44. The summed E-state index contributed by atoms with van der Waals surface area (Å²) >= 11 is 0. The van der Waals surface area contributed by atoms with Crippen molar-refractivity contribution in [2.75, 3.05) is 0 Å². The molecule has 5 rings (SSSR count). The van der Waals surface area contributed by atoms with E-state index in [9.17, 15) is 33.6 Å². The Hall–Kier alpha value is -7.74. The van der Waals surface area contributed by atoms with E-state index in [1.165, 1.54) is 71.0 Å². The number of benzene rings is 4. The van der Waals surface area contributed by atoms with Crippen molar-refractivity contribution >= 4 is 53.5 Å². The van der Waals surface area contributed by atoms with Gasteiger partial charge < -0.3 is 28.4 Å². The molecule has 0 spiro atoms. The smallest absolute Gasteiger partial charge is 0.308 e. The van der Waals surface area contributed by atoms with Crippen LogP contribution in [0.1, 0.15) is 124 Å². The number of Topliss-reactive ketones (excluding diaryl/α,β-unsaturated/α-hetero) is 1. The van der Waals surface area contributed by atoms with E-state index in [-0.39, 0.29) is 57.4 Å². The lowest BCUT2D eigenvalue weighted by molar-refractivity contribution is -0.133. The van der Waals surface area contributed by atoms with E-state index in [0.717, 1.165) is 18.1 Å². The van der Waals surface area contributed by atoms with Gasteiger partial charge in [0.1, 0.15) is 34.5 Å². The topological polar surface area (TPSA) is 192 Å². The molecule has 4 aromatic carbocycles. The average molecular weight is 899 g/mol. The van der Waals surface area contributed by atoms with E-state index >= 15 is 4.79 Å². The minimum Gasteiger partial charge on any atom is -0.427 e. The second-order valence-electron chi connectivity index (χ2n) is 15.9. The molecule has 14 heteroatoms. The molecule has 4 aromatic rings. The Labute approximate surface area is 382 Å². The molecule has 0 radical (unpaired) electrons. The van der Waals surface area contributed by atoms with Gasteiger partial charge >= 0.3 is 35.8 Å². The molecule has 1 aliphatic carbocycles. The van der Waals surface area contributed by atoms with Crippen LogP contribution in [0.3, 0.4) is 0 Å². The van der Waals surface area contributed by atoms with Crippen molar-refractivity contribution in [2.45, 2.75) is 87.0 Å². The summed E-state index contributed by atoms with van der Waals surface area (Å²) in [4.78, 5) is 104. The molecule has 342 valence electrons. The number of rotatable bonds is 15. The van der Waals surface area contributed by atoms with Gasteiger partial charge in [-0.15, -0.1) is 0 Å². The van der Waals surface area contributed by atoms with Crippen molar-refractivity contribution in [3.8, 4) is 34.5 Å². The Kier molecular flexibility index (Phi) is 16.2. The molecular formula is C52H50O14. The maximum atomic E-state index is 15.8. The van der Waals surface area contributed by atoms with Crippen LogP contribution in [-0.2, 0) is 35.2 Å². The number of hydrogen-bond donors (Lipinski definition) is 0. The predicted octanol–water partition coefficient (Wildman–Crippen LogP) is 9.36. The van der Waals surface area contributed by atoms with Crippen molar-refractivity contribution in [3.05, 3.63) is 136 Å². The van der Waals surface area contributed by atoms with Crippen LogP contribution >= 0.6 is 0 Å². The summed E-state index contributed by atoms with van der Waals surface area (Å²) < 4.78 is 33.5. The molecule has 0 heterocycles. The third-order valence-electron chi connectivity index (χ3n) is 10.2. The Bertz CT molecular complexity index is 2680. The molecule has 0 aliphatic heterocycles. The normalized spacial score (nSPS) is 15.4. The van der Waals surface area contributed by atoms with Crippen LogP contribution in [0.2, 0.25) is 0 Å². The van der Waals surface area contributed by atoms with E-state index in [2.05, 4.69) is 0 Å². The second-order valence-corrected chi connectivity index (χ2v) is 15.9. The molecule has 0 N–H and O–H groups in total. The summed E-state index contributed by atoms with van der Waals surface area (Å²) in [5.41, 5.74) is 2.95. The van der Waals surface area contributed by atoms with Crippen LogP contribution in [0.5, 0.6) is 34.5 Å². The fourth-order valence-electron chi connectivity index (χ4n) is 7.74. The zero-order chi connectivity index (χ0) is 48.4. The molecule has 0 fully saturated rings. The first-order chi connectivity index (χ1) is 31.2. The monoisotopic (exact) mass is 898 g/mol. The summed E-state index contributed by atoms with van der Waals surface area (Å²) in [5, 5.41) is 0. The number of esters is 6. The summed E-state index contributed by atoms with van der Waals surface area (Å²) in [5.74, 6) is -8.11. The van der Waals surface area contributed by atoms with E-state index in [0.29, 0.717) is 23.3 Å². The van der Waals surface area contributed by atoms with Crippen molar-refractivity contribution < 1.29 is 66.8 Å². The SMILES string of the molecule is CC(=O)Oc1ccc(/C=C/C(=O)c2ccc(OC(C)=O)c([C@H]3C=C(C)C[C@@H](c4ccc(OC(C)=O)cc4)[C@@H]3C(=O)c3ccc(OC(C)=O)c(CC=C(C)C)c3OC(C)=O)c2OC(C)=O)cc1. The molecule has 3 atom stereocenters. The fourth-order valence-corrected chi connectivity index (χ4v) is 7.74. The van der Waals surface area contributed by atoms with Gasteiger partial charge in [0.15, 0.2) is 11.6 Å². The molecule has 0 saturated heterocycles. The van der Waals surface area contributed by atoms with Crippen LogP contribution in [-0.4, -0.2) is 47.4 Å². The Morgan fingerprint density at radius 2 is 1.06 bits per heavy atom. The summed E-state index contributed by atoms with van der Waals surface area (Å²) in [7, 11) is 0. The van der Waals surface area contributed by atoms with Crippen LogP contribution in [0.15, 0.2) is 102 Å². The van der Waals surface area contributed by atoms with E-state index in [1.54, 1.807) is 54.6 Å². The first-order valence-corrected chi connectivity index (χ1v) is 20.9. The summed E-state index contributed by atoms with van der Waals surface area (Å²) in [6.07, 6.45) is 6.75. The lowest BCUT2D eigenvalue weighted by Gasteiger charge is -2.38. The van der Waals surface area contributed by atoms with Gasteiger partial charge in [-0.05, 0) is 105 Å². The largest absolute Gasteiger partial charge is 0.427 e. The Balaban J connectivity index is 1.82. The third kappa shape index (κ3) is 12.7. The van der Waals surface area contributed by atoms with Gasteiger partial charge in [-0.1, -0.05) is 53.6 Å². The molecular weight excluding hydrogens is 849 g/mol. The molecule has 66 heavy (non-hydrogen) atoms. The maximum absolute atomic E-state index is 15.8. The number of carbonyl (C=O) groups is 8. The molecule has 0 aromatic heterocycles. The minimum atomic E-state index is -1.18. The number of ether oxygens (including phenoxy) is 6. The summed E-state index contributed by atoms with van der Waals surface area (Å²) in [6.45, 7) is 12.8. The van der Waals surface area contributed by atoms with Crippen LogP contribution in [0.25, 0.3) is 6.08 Å².